The lowest BCUT2D eigenvalue weighted by Gasteiger charge is -2.14. The first-order valence-corrected chi connectivity index (χ1v) is 4.89. The van der Waals surface area contributed by atoms with Crippen molar-refractivity contribution >= 4 is 0 Å². The van der Waals surface area contributed by atoms with E-state index >= 15 is 0 Å². The topological polar surface area (TPSA) is 38.0 Å². The molecular weight excluding hydrogens is 191 g/mol. The van der Waals surface area contributed by atoms with E-state index in [1.807, 2.05) is 6.92 Å². The molecule has 0 amide bonds. The lowest BCUT2D eigenvalue weighted by Crippen LogP contribution is -2.26. The summed E-state index contributed by atoms with van der Waals surface area (Å²) in [6.07, 6.45) is 5.19. The number of rotatable bonds is 4. The van der Waals surface area contributed by atoms with Gasteiger partial charge in [-0.25, -0.2) is 4.39 Å². The number of halogens is 1. The molecule has 0 aliphatic carbocycles. The molecule has 0 radical (unpaired) electrons. The lowest BCUT2D eigenvalue weighted by molar-refractivity contribution is 0.532. The molecule has 0 saturated heterocycles. The molecule has 80 valence electrons. The molecule has 1 atom stereocenters. The van der Waals surface area contributed by atoms with E-state index in [2.05, 4.69) is 11.2 Å². The van der Waals surface area contributed by atoms with Crippen molar-refractivity contribution in [1.29, 1.82) is 0 Å². The van der Waals surface area contributed by atoms with E-state index in [-0.39, 0.29) is 11.9 Å². The summed E-state index contributed by atoms with van der Waals surface area (Å²) < 4.78 is 13.7. The van der Waals surface area contributed by atoms with E-state index in [9.17, 15) is 4.39 Å². The van der Waals surface area contributed by atoms with Crippen molar-refractivity contribution in [1.82, 2.24) is 5.32 Å². The zero-order chi connectivity index (χ0) is 11.3. The number of benzene rings is 1. The van der Waals surface area contributed by atoms with E-state index in [0.717, 1.165) is 0 Å². The summed E-state index contributed by atoms with van der Waals surface area (Å²) in [7, 11) is 0. The molecule has 3 N–H and O–H groups in total. The molecule has 0 aliphatic heterocycles. The molecule has 1 aromatic rings. The van der Waals surface area contributed by atoms with Crippen LogP contribution < -0.4 is 11.1 Å². The van der Waals surface area contributed by atoms with Gasteiger partial charge in [-0.05, 0) is 13.0 Å². The molecule has 0 spiro atoms. The summed E-state index contributed by atoms with van der Waals surface area (Å²) in [5.41, 5.74) is 6.24. The van der Waals surface area contributed by atoms with Crippen LogP contribution >= 0.6 is 0 Å². The molecule has 15 heavy (non-hydrogen) atoms. The van der Waals surface area contributed by atoms with Gasteiger partial charge >= 0.3 is 0 Å². The highest BCUT2D eigenvalue weighted by Crippen LogP contribution is 2.18. The van der Waals surface area contributed by atoms with Crippen LogP contribution in [0.15, 0.2) is 18.2 Å². The monoisotopic (exact) mass is 206 g/mol. The minimum atomic E-state index is -0.322. The highest BCUT2D eigenvalue weighted by atomic mass is 19.1. The molecule has 1 aromatic carbocycles. The Labute approximate surface area is 89.7 Å². The van der Waals surface area contributed by atoms with Gasteiger partial charge in [0, 0.05) is 24.7 Å². The Morgan fingerprint density at radius 2 is 2.33 bits per heavy atom. The Bertz CT molecular complexity index is 368. The maximum atomic E-state index is 13.7. The second kappa shape index (κ2) is 5.50. The number of terminal acetylenes is 1. The van der Waals surface area contributed by atoms with Crippen molar-refractivity contribution in [3.63, 3.8) is 0 Å². The van der Waals surface area contributed by atoms with Crippen molar-refractivity contribution in [2.24, 2.45) is 5.73 Å². The highest BCUT2D eigenvalue weighted by Gasteiger charge is 2.11. The van der Waals surface area contributed by atoms with E-state index in [0.29, 0.717) is 24.2 Å². The van der Waals surface area contributed by atoms with Crippen LogP contribution in [0.2, 0.25) is 0 Å². The zero-order valence-electron chi connectivity index (χ0n) is 8.76. The molecule has 1 rings (SSSR count). The molecule has 1 unspecified atom stereocenters. The molecule has 0 heterocycles. The molecule has 0 aromatic heterocycles. The standard InChI is InChI=1S/C12H15FN2/c1-3-10-5-4-6-11(12(10)13)9(2)15-8-7-14/h1,4-6,9,15H,7-8,14H2,2H3. The third kappa shape index (κ3) is 2.79. The van der Waals surface area contributed by atoms with Crippen molar-refractivity contribution < 1.29 is 4.39 Å². The van der Waals surface area contributed by atoms with Crippen LogP contribution in [0.25, 0.3) is 0 Å². The molecule has 0 saturated carbocycles. The average molecular weight is 206 g/mol. The Morgan fingerprint density at radius 1 is 1.60 bits per heavy atom. The lowest BCUT2D eigenvalue weighted by atomic mass is 10.0. The maximum absolute atomic E-state index is 13.7. The first-order valence-electron chi connectivity index (χ1n) is 4.89. The Balaban J connectivity index is 2.90. The first kappa shape index (κ1) is 11.7. The van der Waals surface area contributed by atoms with E-state index < -0.39 is 0 Å². The molecule has 3 heteroatoms. The van der Waals surface area contributed by atoms with Crippen LogP contribution in [-0.4, -0.2) is 13.1 Å². The smallest absolute Gasteiger partial charge is 0.143 e. The molecule has 2 nitrogen and oxygen atoms in total. The van der Waals surface area contributed by atoms with Gasteiger partial charge in [0.25, 0.3) is 0 Å². The normalized spacial score (nSPS) is 12.1. The summed E-state index contributed by atoms with van der Waals surface area (Å²) >= 11 is 0. The van der Waals surface area contributed by atoms with Crippen LogP contribution in [0, 0.1) is 18.2 Å². The summed E-state index contributed by atoms with van der Waals surface area (Å²) in [6, 6.07) is 4.99. The van der Waals surface area contributed by atoms with E-state index in [4.69, 9.17) is 12.2 Å². The highest BCUT2D eigenvalue weighted by molar-refractivity contribution is 5.38. The van der Waals surface area contributed by atoms with Gasteiger partial charge in [-0.15, -0.1) is 6.42 Å². The molecule has 0 aliphatic rings. The van der Waals surface area contributed by atoms with Crippen LogP contribution in [-0.2, 0) is 0 Å². The van der Waals surface area contributed by atoms with Crippen molar-refractivity contribution in [3.8, 4) is 12.3 Å². The van der Waals surface area contributed by atoms with Crippen LogP contribution in [0.1, 0.15) is 24.1 Å². The number of nitrogens with two attached hydrogens (primary N) is 1. The predicted octanol–water partition coefficient (Wildman–Crippen LogP) is 1.42. The van der Waals surface area contributed by atoms with Gasteiger partial charge < -0.3 is 11.1 Å². The maximum Gasteiger partial charge on any atom is 0.143 e. The quantitative estimate of drug-likeness (QED) is 0.731. The van der Waals surface area contributed by atoms with Gasteiger partial charge in [-0.3, -0.25) is 0 Å². The minimum Gasteiger partial charge on any atom is -0.329 e. The minimum absolute atomic E-state index is 0.0816. The van der Waals surface area contributed by atoms with E-state index in [1.54, 1.807) is 18.2 Å². The van der Waals surface area contributed by atoms with Crippen molar-refractivity contribution in [3.05, 3.63) is 35.1 Å². The second-order valence-electron chi connectivity index (χ2n) is 3.32. The first-order chi connectivity index (χ1) is 7.20. The molecular formula is C12H15FN2. The van der Waals surface area contributed by atoms with E-state index in [1.165, 1.54) is 0 Å². The Morgan fingerprint density at radius 3 is 2.93 bits per heavy atom. The van der Waals surface area contributed by atoms with Crippen molar-refractivity contribution in [2.45, 2.75) is 13.0 Å². The average Bonchev–Trinajstić information content (AvgIpc) is 2.26. The van der Waals surface area contributed by atoms with Gasteiger partial charge in [0.05, 0.1) is 5.56 Å². The third-order valence-corrected chi connectivity index (χ3v) is 2.25. The number of hydrogen-bond donors (Lipinski definition) is 2. The fourth-order valence-corrected chi connectivity index (χ4v) is 1.41. The van der Waals surface area contributed by atoms with Gasteiger partial charge in [0.2, 0.25) is 0 Å². The fraction of sp³-hybridized carbons (Fsp3) is 0.333. The number of hydrogen-bond acceptors (Lipinski definition) is 2. The predicted molar refractivity (Wildman–Crippen MR) is 59.8 cm³/mol. The van der Waals surface area contributed by atoms with Crippen LogP contribution in [0.4, 0.5) is 4.39 Å². The zero-order valence-corrected chi connectivity index (χ0v) is 8.76. The Hall–Kier alpha value is -1.37. The summed E-state index contributed by atoms with van der Waals surface area (Å²) in [6.45, 7) is 3.07. The van der Waals surface area contributed by atoms with Gasteiger partial charge in [-0.1, -0.05) is 18.1 Å². The summed E-state index contributed by atoms with van der Waals surface area (Å²) in [4.78, 5) is 0. The van der Waals surface area contributed by atoms with Crippen molar-refractivity contribution in [2.75, 3.05) is 13.1 Å². The number of nitrogens with one attached hydrogen (secondary N) is 1. The Kier molecular flexibility index (Phi) is 4.29. The second-order valence-corrected chi connectivity index (χ2v) is 3.32. The van der Waals surface area contributed by atoms with Gasteiger partial charge in [0.1, 0.15) is 5.82 Å². The van der Waals surface area contributed by atoms with Crippen LogP contribution in [0.3, 0.4) is 0 Å². The SMILES string of the molecule is C#Cc1cccc(C(C)NCCN)c1F. The largest absolute Gasteiger partial charge is 0.329 e. The molecule has 0 bridgehead atoms. The summed E-state index contributed by atoms with van der Waals surface area (Å²) in [5.74, 6) is 2.00. The van der Waals surface area contributed by atoms with Gasteiger partial charge in [-0.2, -0.15) is 0 Å². The molecule has 0 fully saturated rings. The fourth-order valence-electron chi connectivity index (χ4n) is 1.41. The third-order valence-electron chi connectivity index (χ3n) is 2.25. The summed E-state index contributed by atoms with van der Waals surface area (Å²) in [5, 5.41) is 3.11. The van der Waals surface area contributed by atoms with Gasteiger partial charge in [0.15, 0.2) is 0 Å². The van der Waals surface area contributed by atoms with Crippen LogP contribution in [0.5, 0.6) is 0 Å².